The Morgan fingerprint density at radius 1 is 0.871 bits per heavy atom. The number of ether oxygens (including phenoxy) is 2. The van der Waals surface area contributed by atoms with Crippen LogP contribution in [-0.4, -0.2) is 27.7 Å². The van der Waals surface area contributed by atoms with Crippen LogP contribution in [0.15, 0.2) is 78.9 Å². The highest BCUT2D eigenvalue weighted by atomic mass is 32.2. The minimum Gasteiger partial charge on any atom is -0.497 e. The number of carbonyl (C=O) groups is 1. The molecule has 3 rings (SSSR count). The van der Waals surface area contributed by atoms with Gasteiger partial charge in [0, 0.05) is 12.1 Å². The summed E-state index contributed by atoms with van der Waals surface area (Å²) in [6.07, 6.45) is 0.995. The van der Waals surface area contributed by atoms with Crippen LogP contribution in [0.5, 0.6) is 17.2 Å². The molecule has 0 aliphatic heterocycles. The fourth-order valence-corrected chi connectivity index (χ4v) is 3.69. The van der Waals surface area contributed by atoms with Crippen LogP contribution in [-0.2, 0) is 14.8 Å². The summed E-state index contributed by atoms with van der Waals surface area (Å²) in [6.45, 7) is 0. The summed E-state index contributed by atoms with van der Waals surface area (Å²) in [5, 5.41) is 2.79. The van der Waals surface area contributed by atoms with Crippen molar-refractivity contribution in [1.29, 1.82) is 0 Å². The van der Waals surface area contributed by atoms with E-state index in [-0.39, 0.29) is 12.3 Å². The molecule has 3 aromatic carbocycles. The van der Waals surface area contributed by atoms with Crippen LogP contribution >= 0.6 is 0 Å². The van der Waals surface area contributed by atoms with E-state index in [1.165, 1.54) is 0 Å². The molecule has 2 N–H and O–H groups in total. The Bertz CT molecular complexity index is 1100. The van der Waals surface area contributed by atoms with Crippen LogP contribution in [0.1, 0.15) is 18.0 Å². The van der Waals surface area contributed by atoms with Crippen LogP contribution < -0.4 is 19.5 Å². The lowest BCUT2D eigenvalue weighted by atomic mass is 10.0. The molecular formula is C23H24N2O5S. The average Bonchev–Trinajstić information content (AvgIpc) is 2.74. The number of nitrogens with one attached hydrogen (secondary N) is 2. The number of hydrogen-bond donors (Lipinski definition) is 2. The molecule has 0 heterocycles. The van der Waals surface area contributed by atoms with E-state index >= 15 is 0 Å². The third kappa shape index (κ3) is 7.13. The van der Waals surface area contributed by atoms with Gasteiger partial charge in [0.15, 0.2) is 0 Å². The van der Waals surface area contributed by atoms with Crippen molar-refractivity contribution in [2.24, 2.45) is 0 Å². The molecule has 7 nitrogen and oxygen atoms in total. The van der Waals surface area contributed by atoms with E-state index in [1.54, 1.807) is 55.6 Å². The maximum atomic E-state index is 12.6. The van der Waals surface area contributed by atoms with Crippen molar-refractivity contribution in [3.8, 4) is 17.2 Å². The maximum Gasteiger partial charge on any atom is 0.226 e. The number of anilines is 1. The molecule has 0 spiro atoms. The number of sulfonamides is 1. The van der Waals surface area contributed by atoms with Gasteiger partial charge in [-0.05, 0) is 54.1 Å². The van der Waals surface area contributed by atoms with Gasteiger partial charge >= 0.3 is 0 Å². The monoisotopic (exact) mass is 440 g/mol. The number of amides is 1. The zero-order chi connectivity index (χ0) is 22.3. The lowest BCUT2D eigenvalue weighted by Gasteiger charge is -2.18. The predicted octanol–water partition coefficient (Wildman–Crippen LogP) is 4.11. The van der Waals surface area contributed by atoms with E-state index in [2.05, 4.69) is 10.0 Å². The van der Waals surface area contributed by atoms with Crippen LogP contribution in [0.2, 0.25) is 0 Å². The molecule has 0 aliphatic carbocycles. The SMILES string of the molecule is COc1ccc([C@H](CC(=O)Nc2ccc(Oc3ccccc3)cc2)NS(C)(=O)=O)cc1. The third-order valence-corrected chi connectivity index (χ3v) is 5.09. The molecule has 0 unspecified atom stereocenters. The molecule has 31 heavy (non-hydrogen) atoms. The van der Waals surface area contributed by atoms with Crippen molar-refractivity contribution in [3.63, 3.8) is 0 Å². The van der Waals surface area contributed by atoms with E-state index in [9.17, 15) is 13.2 Å². The summed E-state index contributed by atoms with van der Waals surface area (Å²) in [5.41, 5.74) is 1.24. The molecule has 1 atom stereocenters. The Balaban J connectivity index is 1.65. The van der Waals surface area contributed by atoms with Gasteiger partial charge in [0.05, 0.1) is 19.4 Å². The zero-order valence-electron chi connectivity index (χ0n) is 17.2. The first-order chi connectivity index (χ1) is 14.8. The molecule has 0 aliphatic rings. The van der Waals surface area contributed by atoms with Gasteiger partial charge in [0.25, 0.3) is 0 Å². The van der Waals surface area contributed by atoms with Crippen LogP contribution in [0, 0.1) is 0 Å². The molecule has 0 saturated heterocycles. The Morgan fingerprint density at radius 3 is 2.03 bits per heavy atom. The zero-order valence-corrected chi connectivity index (χ0v) is 18.1. The van der Waals surface area contributed by atoms with E-state index in [0.717, 1.165) is 6.26 Å². The number of methoxy groups -OCH3 is 1. The van der Waals surface area contributed by atoms with Crippen molar-refractivity contribution >= 4 is 21.6 Å². The summed E-state index contributed by atoms with van der Waals surface area (Å²) < 4.78 is 36.9. The Hall–Kier alpha value is -3.36. The molecule has 1 amide bonds. The molecule has 0 aromatic heterocycles. The third-order valence-electron chi connectivity index (χ3n) is 4.38. The fraction of sp³-hybridized carbons (Fsp3) is 0.174. The van der Waals surface area contributed by atoms with Gasteiger partial charge < -0.3 is 14.8 Å². The second-order valence-electron chi connectivity index (χ2n) is 6.91. The van der Waals surface area contributed by atoms with Crippen molar-refractivity contribution < 1.29 is 22.7 Å². The van der Waals surface area contributed by atoms with Gasteiger partial charge in [0.1, 0.15) is 17.2 Å². The summed E-state index contributed by atoms with van der Waals surface area (Å²) in [7, 11) is -1.97. The molecular weight excluding hydrogens is 416 g/mol. The second-order valence-corrected chi connectivity index (χ2v) is 8.69. The minimum absolute atomic E-state index is 0.0678. The quantitative estimate of drug-likeness (QED) is 0.522. The molecule has 162 valence electrons. The van der Waals surface area contributed by atoms with Crippen molar-refractivity contribution in [2.45, 2.75) is 12.5 Å². The Kier molecular flexibility index (Phi) is 7.28. The lowest BCUT2D eigenvalue weighted by Crippen LogP contribution is -2.30. The normalized spacial score (nSPS) is 12.1. The van der Waals surface area contributed by atoms with Crippen molar-refractivity contribution in [1.82, 2.24) is 4.72 Å². The smallest absolute Gasteiger partial charge is 0.226 e. The first-order valence-corrected chi connectivity index (χ1v) is 11.5. The van der Waals surface area contributed by atoms with Crippen molar-refractivity contribution in [2.75, 3.05) is 18.7 Å². The average molecular weight is 441 g/mol. The number of benzene rings is 3. The number of para-hydroxylation sites is 1. The summed E-state index contributed by atoms with van der Waals surface area (Å²) in [5.74, 6) is 1.67. The van der Waals surface area contributed by atoms with Crippen LogP contribution in [0.3, 0.4) is 0 Å². The van der Waals surface area contributed by atoms with Gasteiger partial charge in [-0.2, -0.15) is 0 Å². The topological polar surface area (TPSA) is 93.7 Å². The lowest BCUT2D eigenvalue weighted by molar-refractivity contribution is -0.116. The first kappa shape index (κ1) is 22.3. The van der Waals surface area contributed by atoms with Crippen LogP contribution in [0.25, 0.3) is 0 Å². The van der Waals surface area contributed by atoms with Gasteiger partial charge in [0.2, 0.25) is 15.9 Å². The maximum absolute atomic E-state index is 12.6. The van der Waals surface area contributed by atoms with E-state index in [1.807, 2.05) is 30.3 Å². The summed E-state index contributed by atoms with van der Waals surface area (Å²) >= 11 is 0. The van der Waals surface area contributed by atoms with Crippen molar-refractivity contribution in [3.05, 3.63) is 84.4 Å². The number of carbonyl (C=O) groups excluding carboxylic acids is 1. The highest BCUT2D eigenvalue weighted by Gasteiger charge is 2.20. The van der Waals surface area contributed by atoms with E-state index in [0.29, 0.717) is 28.5 Å². The molecule has 3 aromatic rings. The van der Waals surface area contributed by atoms with Gasteiger partial charge in [-0.1, -0.05) is 30.3 Å². The highest BCUT2D eigenvalue weighted by Crippen LogP contribution is 2.24. The van der Waals surface area contributed by atoms with Crippen LogP contribution in [0.4, 0.5) is 5.69 Å². The summed E-state index contributed by atoms with van der Waals surface area (Å²) in [4.78, 5) is 12.6. The molecule has 0 fully saturated rings. The molecule has 8 heteroatoms. The summed E-state index contributed by atoms with van der Waals surface area (Å²) in [6, 6.07) is 22.5. The Labute approximate surface area is 182 Å². The van der Waals surface area contributed by atoms with E-state index < -0.39 is 16.1 Å². The molecule has 0 radical (unpaired) electrons. The second kappa shape index (κ2) is 10.1. The highest BCUT2D eigenvalue weighted by molar-refractivity contribution is 7.88. The first-order valence-electron chi connectivity index (χ1n) is 9.56. The van der Waals surface area contributed by atoms with Gasteiger partial charge in [-0.3, -0.25) is 4.79 Å². The van der Waals surface area contributed by atoms with E-state index in [4.69, 9.17) is 9.47 Å². The molecule has 0 bridgehead atoms. The number of hydrogen-bond acceptors (Lipinski definition) is 5. The van der Waals surface area contributed by atoms with Gasteiger partial charge in [-0.25, -0.2) is 13.1 Å². The predicted molar refractivity (Wildman–Crippen MR) is 120 cm³/mol. The standard InChI is InChI=1S/C23H24N2O5S/c1-29-19-12-8-17(9-13-19)22(25-31(2,27)28)16-23(26)24-18-10-14-21(15-11-18)30-20-6-4-3-5-7-20/h3-15,22,25H,16H2,1-2H3,(H,24,26)/t22-/m0/s1. The largest absolute Gasteiger partial charge is 0.497 e. The fourth-order valence-electron chi connectivity index (χ4n) is 2.95. The molecule has 0 saturated carbocycles. The Morgan fingerprint density at radius 2 is 1.45 bits per heavy atom. The number of rotatable bonds is 9. The minimum atomic E-state index is -3.52. The van der Waals surface area contributed by atoms with Gasteiger partial charge in [-0.15, -0.1) is 0 Å².